The molecule has 1 aliphatic rings. The Morgan fingerprint density at radius 3 is 2.43 bits per heavy atom. The first-order valence-corrected chi connectivity index (χ1v) is 10.6. The Morgan fingerprint density at radius 1 is 1.23 bits per heavy atom. The first-order valence-electron chi connectivity index (χ1n) is 10.6. The molecule has 0 spiro atoms. The van der Waals surface area contributed by atoms with Crippen LogP contribution in [0.1, 0.15) is 53.5 Å². The predicted octanol–water partition coefficient (Wildman–Crippen LogP) is 5.56. The van der Waals surface area contributed by atoms with Crippen molar-refractivity contribution in [2.24, 2.45) is 11.1 Å². The van der Waals surface area contributed by atoms with Crippen LogP contribution in [-0.2, 0) is 11.2 Å². The molecule has 3 N–H and O–H groups in total. The van der Waals surface area contributed by atoms with Gasteiger partial charge in [0.2, 0.25) is 0 Å². The van der Waals surface area contributed by atoms with E-state index in [-0.39, 0.29) is 16.9 Å². The van der Waals surface area contributed by atoms with Crippen LogP contribution in [0.4, 0.5) is 5.69 Å². The zero-order chi connectivity index (χ0) is 22.5. The lowest BCUT2D eigenvalue weighted by Crippen LogP contribution is -2.44. The standard InChI is InChI=1S/C26H37N3O/c1-8-21(27)12-9-19(2)17-20-10-13-22(14-11-20)28-24(30)23-18-29(25(3,4)5)16-15-26(23,6)7/h8-14,18H,1,15-17,27H2,2-7H3,(H,28,30)/b19-9+,21-12+. The highest BCUT2D eigenvalue weighted by molar-refractivity contribution is 6.04. The van der Waals surface area contributed by atoms with Gasteiger partial charge in [0.25, 0.3) is 5.91 Å². The minimum atomic E-state index is -0.144. The van der Waals surface area contributed by atoms with Crippen LogP contribution >= 0.6 is 0 Å². The third kappa shape index (κ3) is 6.38. The first kappa shape index (κ1) is 23.5. The van der Waals surface area contributed by atoms with E-state index < -0.39 is 0 Å². The van der Waals surface area contributed by atoms with Crippen molar-refractivity contribution in [2.45, 2.75) is 59.9 Å². The summed E-state index contributed by atoms with van der Waals surface area (Å²) in [4.78, 5) is 15.3. The summed E-state index contributed by atoms with van der Waals surface area (Å²) < 4.78 is 0. The number of rotatable bonds is 6. The molecule has 0 saturated carbocycles. The molecule has 0 radical (unpaired) electrons. The van der Waals surface area contributed by atoms with Gasteiger partial charge >= 0.3 is 0 Å². The van der Waals surface area contributed by atoms with Gasteiger partial charge in [-0.25, -0.2) is 0 Å². The Kier molecular flexibility index (Phi) is 7.35. The van der Waals surface area contributed by atoms with E-state index in [1.165, 1.54) is 11.1 Å². The SMILES string of the molecule is C=C/C(N)=C\C=C(/C)Cc1ccc(NC(=O)C2=CN(C(C)(C)C)CCC2(C)C)cc1. The fraction of sp³-hybridized carbons (Fsp3) is 0.423. The van der Waals surface area contributed by atoms with Crippen molar-refractivity contribution in [1.82, 2.24) is 4.90 Å². The third-order valence-electron chi connectivity index (χ3n) is 5.59. The lowest BCUT2D eigenvalue weighted by molar-refractivity contribution is -0.114. The maximum atomic E-state index is 13.1. The molecule has 4 heteroatoms. The van der Waals surface area contributed by atoms with Crippen LogP contribution in [0, 0.1) is 5.41 Å². The van der Waals surface area contributed by atoms with Gasteiger partial charge in [-0.15, -0.1) is 0 Å². The number of carbonyl (C=O) groups is 1. The fourth-order valence-corrected chi connectivity index (χ4v) is 3.42. The molecule has 1 aromatic carbocycles. The van der Waals surface area contributed by atoms with Crippen molar-refractivity contribution < 1.29 is 4.79 Å². The third-order valence-corrected chi connectivity index (χ3v) is 5.59. The molecule has 2 rings (SSSR count). The second-order valence-corrected chi connectivity index (χ2v) is 9.75. The molecule has 0 saturated heterocycles. The number of nitrogens with one attached hydrogen (secondary N) is 1. The van der Waals surface area contributed by atoms with Crippen molar-refractivity contribution in [3.63, 3.8) is 0 Å². The highest BCUT2D eigenvalue weighted by Gasteiger charge is 2.35. The Morgan fingerprint density at radius 2 is 1.87 bits per heavy atom. The smallest absolute Gasteiger partial charge is 0.253 e. The quantitative estimate of drug-likeness (QED) is 0.607. The van der Waals surface area contributed by atoms with Crippen LogP contribution in [0.15, 0.2) is 72.1 Å². The summed E-state index contributed by atoms with van der Waals surface area (Å²) in [5.74, 6) is -0.0252. The lowest BCUT2D eigenvalue weighted by Gasteiger charge is -2.43. The zero-order valence-corrected chi connectivity index (χ0v) is 19.4. The van der Waals surface area contributed by atoms with Crippen molar-refractivity contribution in [3.05, 3.63) is 77.7 Å². The molecule has 0 fully saturated rings. The molecular formula is C26H37N3O. The molecule has 1 aromatic rings. The summed E-state index contributed by atoms with van der Waals surface area (Å²) in [6.07, 6.45) is 9.32. The van der Waals surface area contributed by atoms with E-state index in [4.69, 9.17) is 5.73 Å². The number of benzene rings is 1. The Hall–Kier alpha value is -2.75. The van der Waals surface area contributed by atoms with Crippen LogP contribution in [0.25, 0.3) is 0 Å². The highest BCUT2D eigenvalue weighted by Crippen LogP contribution is 2.37. The summed E-state index contributed by atoms with van der Waals surface area (Å²) in [6.45, 7) is 17.5. The minimum absolute atomic E-state index is 0.000577. The topological polar surface area (TPSA) is 58.4 Å². The van der Waals surface area contributed by atoms with Crippen molar-refractivity contribution in [2.75, 3.05) is 11.9 Å². The molecule has 0 atom stereocenters. The molecule has 162 valence electrons. The fourth-order valence-electron chi connectivity index (χ4n) is 3.42. The molecule has 0 aliphatic carbocycles. The van der Waals surface area contributed by atoms with Gasteiger partial charge in [-0.3, -0.25) is 4.79 Å². The molecule has 1 amide bonds. The van der Waals surface area contributed by atoms with Gasteiger partial charge in [0.15, 0.2) is 0 Å². The number of hydrogen-bond acceptors (Lipinski definition) is 3. The summed E-state index contributed by atoms with van der Waals surface area (Å²) >= 11 is 0. The van der Waals surface area contributed by atoms with Gasteiger partial charge in [-0.2, -0.15) is 0 Å². The number of carbonyl (C=O) groups excluding carboxylic acids is 1. The van der Waals surface area contributed by atoms with E-state index in [1.807, 2.05) is 30.5 Å². The predicted molar refractivity (Wildman–Crippen MR) is 128 cm³/mol. The average molecular weight is 408 g/mol. The molecular weight excluding hydrogens is 370 g/mol. The second kappa shape index (κ2) is 9.38. The summed E-state index contributed by atoms with van der Waals surface area (Å²) in [7, 11) is 0. The van der Waals surface area contributed by atoms with Crippen molar-refractivity contribution in [1.29, 1.82) is 0 Å². The van der Waals surface area contributed by atoms with Gasteiger partial charge < -0.3 is 16.0 Å². The number of nitrogens with zero attached hydrogens (tertiary/aromatic N) is 1. The van der Waals surface area contributed by atoms with Gasteiger partial charge in [-0.05, 0) is 75.8 Å². The molecule has 1 heterocycles. The maximum Gasteiger partial charge on any atom is 0.253 e. The maximum absolute atomic E-state index is 13.1. The van der Waals surface area contributed by atoms with E-state index in [0.717, 1.165) is 30.6 Å². The monoisotopic (exact) mass is 407 g/mol. The summed E-state index contributed by atoms with van der Waals surface area (Å²) in [6, 6.07) is 8.03. The normalized spacial score (nSPS) is 17.4. The largest absolute Gasteiger partial charge is 0.399 e. The van der Waals surface area contributed by atoms with Gasteiger partial charge in [-0.1, -0.05) is 44.2 Å². The molecule has 4 nitrogen and oxygen atoms in total. The average Bonchev–Trinajstić information content (AvgIpc) is 2.66. The molecule has 0 aromatic heterocycles. The minimum Gasteiger partial charge on any atom is -0.399 e. The number of allylic oxidation sites excluding steroid dienone is 4. The van der Waals surface area contributed by atoms with Gasteiger partial charge in [0.05, 0.1) is 0 Å². The number of hydrogen-bond donors (Lipinski definition) is 2. The van der Waals surface area contributed by atoms with E-state index in [9.17, 15) is 4.79 Å². The zero-order valence-electron chi connectivity index (χ0n) is 19.4. The number of nitrogens with two attached hydrogens (primary N) is 1. The van der Waals surface area contributed by atoms with Crippen molar-refractivity contribution >= 4 is 11.6 Å². The van der Waals surface area contributed by atoms with Gasteiger partial charge in [0, 0.05) is 35.2 Å². The van der Waals surface area contributed by atoms with Gasteiger partial charge in [0.1, 0.15) is 0 Å². The Labute approximate surface area is 182 Å². The van der Waals surface area contributed by atoms with Crippen LogP contribution in [-0.4, -0.2) is 22.9 Å². The van der Waals surface area contributed by atoms with E-state index in [1.54, 1.807) is 6.08 Å². The summed E-state index contributed by atoms with van der Waals surface area (Å²) in [5.41, 5.74) is 10.3. The van der Waals surface area contributed by atoms with Crippen LogP contribution in [0.3, 0.4) is 0 Å². The molecule has 1 aliphatic heterocycles. The Bertz CT molecular complexity index is 865. The Balaban J connectivity index is 2.10. The second-order valence-electron chi connectivity index (χ2n) is 9.75. The molecule has 0 unspecified atom stereocenters. The van der Waals surface area contributed by atoms with E-state index in [2.05, 4.69) is 70.5 Å². The number of anilines is 1. The van der Waals surface area contributed by atoms with E-state index >= 15 is 0 Å². The van der Waals surface area contributed by atoms with Crippen LogP contribution in [0.2, 0.25) is 0 Å². The highest BCUT2D eigenvalue weighted by atomic mass is 16.1. The van der Waals surface area contributed by atoms with Crippen LogP contribution in [0.5, 0.6) is 0 Å². The molecule has 0 bridgehead atoms. The summed E-state index contributed by atoms with van der Waals surface area (Å²) in [5, 5.41) is 3.08. The number of amides is 1. The van der Waals surface area contributed by atoms with Crippen LogP contribution < -0.4 is 11.1 Å². The van der Waals surface area contributed by atoms with Crippen molar-refractivity contribution in [3.8, 4) is 0 Å². The lowest BCUT2D eigenvalue weighted by atomic mass is 9.78. The molecule has 30 heavy (non-hydrogen) atoms. The van der Waals surface area contributed by atoms with E-state index in [0.29, 0.717) is 5.70 Å². The first-order chi connectivity index (χ1) is 13.9.